The van der Waals surface area contributed by atoms with Gasteiger partial charge >= 0.3 is 0 Å². The fraction of sp³-hybridized carbons (Fsp3) is 0. The zero-order valence-electron chi connectivity index (χ0n) is 21.5. The van der Waals surface area contributed by atoms with E-state index in [1.54, 1.807) is 0 Å². The van der Waals surface area contributed by atoms with Crippen molar-refractivity contribution in [2.45, 2.75) is 0 Å². The predicted molar refractivity (Wildman–Crippen MR) is 167 cm³/mol. The topological polar surface area (TPSA) is 26.3 Å². The molecule has 40 heavy (non-hydrogen) atoms. The van der Waals surface area contributed by atoms with Crippen molar-refractivity contribution >= 4 is 65.4 Å². The summed E-state index contributed by atoms with van der Waals surface area (Å²) in [6, 6.07) is 47.2. The Hall–Kier alpha value is -5.34. The lowest BCUT2D eigenvalue weighted by Crippen LogP contribution is -1.89. The van der Waals surface area contributed by atoms with E-state index in [-0.39, 0.29) is 0 Å². The quantitative estimate of drug-likeness (QED) is 0.231. The van der Waals surface area contributed by atoms with Gasteiger partial charge in [0.25, 0.3) is 0 Å². The summed E-state index contributed by atoms with van der Waals surface area (Å²) in [7, 11) is 0. The van der Waals surface area contributed by atoms with Gasteiger partial charge in [-0.2, -0.15) is 0 Å². The van der Waals surface area contributed by atoms with Crippen LogP contribution in [0.3, 0.4) is 0 Å². The van der Waals surface area contributed by atoms with E-state index in [4.69, 9.17) is 8.83 Å². The van der Waals surface area contributed by atoms with E-state index in [1.165, 1.54) is 27.1 Å². The van der Waals surface area contributed by atoms with Gasteiger partial charge in [0.15, 0.2) is 0 Å². The highest BCUT2D eigenvalue weighted by atomic mass is 16.3. The molecule has 2 aromatic heterocycles. The monoisotopic (exact) mass is 510 g/mol. The highest BCUT2D eigenvalue weighted by Gasteiger charge is 2.22. The second-order valence-electron chi connectivity index (χ2n) is 10.5. The van der Waals surface area contributed by atoms with Crippen LogP contribution in [-0.4, -0.2) is 0 Å². The lowest BCUT2D eigenvalue weighted by atomic mass is 9.87. The van der Waals surface area contributed by atoms with Crippen molar-refractivity contribution in [1.82, 2.24) is 0 Å². The molecule has 186 valence electrons. The average molecular weight is 511 g/mol. The van der Waals surface area contributed by atoms with Gasteiger partial charge < -0.3 is 8.83 Å². The molecule has 0 fully saturated rings. The molecule has 0 saturated heterocycles. The van der Waals surface area contributed by atoms with E-state index in [2.05, 4.69) is 115 Å². The largest absolute Gasteiger partial charge is 0.456 e. The van der Waals surface area contributed by atoms with Crippen molar-refractivity contribution in [3.05, 3.63) is 133 Å². The molecule has 0 bridgehead atoms. The summed E-state index contributed by atoms with van der Waals surface area (Å²) in [5.74, 6) is 0. The highest BCUT2D eigenvalue weighted by Crippen LogP contribution is 2.48. The van der Waals surface area contributed by atoms with E-state index in [9.17, 15) is 0 Å². The van der Waals surface area contributed by atoms with Crippen LogP contribution < -0.4 is 0 Å². The van der Waals surface area contributed by atoms with Gasteiger partial charge in [-0.25, -0.2) is 0 Å². The molecule has 0 saturated carbocycles. The zero-order chi connectivity index (χ0) is 26.2. The van der Waals surface area contributed by atoms with Crippen LogP contribution in [0.2, 0.25) is 0 Å². The number of hydrogen-bond acceptors (Lipinski definition) is 2. The van der Waals surface area contributed by atoms with Gasteiger partial charge in [0.05, 0.1) is 0 Å². The van der Waals surface area contributed by atoms with Crippen molar-refractivity contribution in [3.8, 4) is 22.3 Å². The van der Waals surface area contributed by atoms with Gasteiger partial charge in [0.1, 0.15) is 22.3 Å². The third-order valence-corrected chi connectivity index (χ3v) is 8.24. The third kappa shape index (κ3) is 2.99. The van der Waals surface area contributed by atoms with Crippen molar-refractivity contribution in [1.29, 1.82) is 0 Å². The van der Waals surface area contributed by atoms with Crippen LogP contribution in [0.5, 0.6) is 0 Å². The maximum absolute atomic E-state index is 6.74. The zero-order valence-corrected chi connectivity index (χ0v) is 21.5. The van der Waals surface area contributed by atoms with Crippen LogP contribution >= 0.6 is 0 Å². The van der Waals surface area contributed by atoms with Gasteiger partial charge in [-0.15, -0.1) is 0 Å². The van der Waals surface area contributed by atoms with E-state index in [0.717, 1.165) is 60.6 Å². The van der Waals surface area contributed by atoms with E-state index in [1.807, 2.05) is 18.2 Å². The minimum atomic E-state index is 0.894. The molecule has 0 amide bonds. The van der Waals surface area contributed by atoms with E-state index in [0.29, 0.717) is 0 Å². The van der Waals surface area contributed by atoms with Crippen LogP contribution in [0.1, 0.15) is 0 Å². The fourth-order valence-corrected chi connectivity index (χ4v) is 6.46. The second-order valence-corrected chi connectivity index (χ2v) is 10.5. The Kier molecular flexibility index (Phi) is 4.36. The number of benzene rings is 7. The van der Waals surface area contributed by atoms with Crippen molar-refractivity contribution in [2.24, 2.45) is 0 Å². The first kappa shape index (κ1) is 21.6. The van der Waals surface area contributed by atoms with Crippen LogP contribution in [0.25, 0.3) is 87.7 Å². The number of rotatable bonds is 2. The van der Waals surface area contributed by atoms with Crippen LogP contribution in [0.4, 0.5) is 0 Å². The standard InChI is InChI=1S/C38H22O2/c1-2-10-24-21-25(18-17-23(24)9-1)36-29-13-4-3-12-28(29)35(37-30-14-6-8-16-33(30)40-38(36)37)26-19-20-34-31(22-26)27-11-5-7-15-32(27)39-34/h1-22H. The Balaban J connectivity index is 1.46. The lowest BCUT2D eigenvalue weighted by molar-refractivity contribution is 0.669. The maximum atomic E-state index is 6.74. The molecular formula is C38H22O2. The molecular weight excluding hydrogens is 488 g/mol. The minimum absolute atomic E-state index is 0.894. The molecule has 0 aliphatic rings. The first-order valence-electron chi connectivity index (χ1n) is 13.6. The fourth-order valence-electron chi connectivity index (χ4n) is 6.46. The molecule has 7 aromatic carbocycles. The Morgan fingerprint density at radius 1 is 0.350 bits per heavy atom. The second kappa shape index (κ2) is 8.08. The van der Waals surface area contributed by atoms with E-state index >= 15 is 0 Å². The van der Waals surface area contributed by atoms with Gasteiger partial charge in [-0.3, -0.25) is 0 Å². The summed E-state index contributed by atoms with van der Waals surface area (Å²) in [5, 5.41) is 9.35. The molecule has 0 unspecified atom stereocenters. The minimum Gasteiger partial charge on any atom is -0.456 e. The van der Waals surface area contributed by atoms with Crippen LogP contribution in [0, 0.1) is 0 Å². The maximum Gasteiger partial charge on any atom is 0.144 e. The van der Waals surface area contributed by atoms with Gasteiger partial charge in [0.2, 0.25) is 0 Å². The first-order valence-corrected chi connectivity index (χ1v) is 13.6. The Labute approximate surface area is 229 Å². The molecule has 2 nitrogen and oxygen atoms in total. The molecule has 0 aliphatic heterocycles. The summed E-state index contributed by atoms with van der Waals surface area (Å²) in [4.78, 5) is 0. The molecule has 9 rings (SSSR count). The Bertz CT molecular complexity index is 2440. The van der Waals surface area contributed by atoms with Crippen molar-refractivity contribution in [2.75, 3.05) is 0 Å². The third-order valence-electron chi connectivity index (χ3n) is 8.24. The average Bonchev–Trinajstić information content (AvgIpc) is 3.58. The lowest BCUT2D eigenvalue weighted by Gasteiger charge is -2.15. The number of hydrogen-bond donors (Lipinski definition) is 0. The van der Waals surface area contributed by atoms with Crippen molar-refractivity contribution < 1.29 is 8.83 Å². The smallest absolute Gasteiger partial charge is 0.144 e. The normalized spacial score (nSPS) is 12.0. The molecule has 0 atom stereocenters. The summed E-state index contributed by atoms with van der Waals surface area (Å²) in [6.45, 7) is 0. The molecule has 0 spiro atoms. The Morgan fingerprint density at radius 2 is 0.925 bits per heavy atom. The molecule has 9 aromatic rings. The summed E-state index contributed by atoms with van der Waals surface area (Å²) in [5.41, 5.74) is 8.24. The Morgan fingerprint density at radius 3 is 1.75 bits per heavy atom. The molecule has 0 aliphatic carbocycles. The molecule has 2 heteroatoms. The van der Waals surface area contributed by atoms with Crippen LogP contribution in [-0.2, 0) is 0 Å². The van der Waals surface area contributed by atoms with Gasteiger partial charge in [-0.05, 0) is 63.0 Å². The SMILES string of the molecule is c1ccc2cc(-c3c4ccccc4c(-c4ccc5oc6ccccc6c5c4)c4c3oc3ccccc34)ccc2c1. The first-order chi connectivity index (χ1) is 19.8. The van der Waals surface area contributed by atoms with Crippen molar-refractivity contribution in [3.63, 3.8) is 0 Å². The van der Waals surface area contributed by atoms with Crippen LogP contribution in [0.15, 0.2) is 142 Å². The number of furan rings is 2. The summed E-state index contributed by atoms with van der Waals surface area (Å²) < 4.78 is 12.9. The molecule has 2 heterocycles. The molecule has 0 N–H and O–H groups in total. The van der Waals surface area contributed by atoms with Gasteiger partial charge in [-0.1, -0.05) is 103 Å². The number of fused-ring (bicyclic) bond motifs is 8. The molecule has 0 radical (unpaired) electrons. The predicted octanol–water partition coefficient (Wildman–Crippen LogP) is 11.1. The summed E-state index contributed by atoms with van der Waals surface area (Å²) in [6.07, 6.45) is 0. The van der Waals surface area contributed by atoms with Gasteiger partial charge in [0, 0.05) is 32.7 Å². The highest BCUT2D eigenvalue weighted by molar-refractivity contribution is 6.27. The summed E-state index contributed by atoms with van der Waals surface area (Å²) >= 11 is 0. The van der Waals surface area contributed by atoms with E-state index < -0.39 is 0 Å². The number of para-hydroxylation sites is 2.